The molecule has 0 radical (unpaired) electrons. The number of allylic oxidation sites excluding steroid dienone is 1. The molecule has 10 nitrogen and oxygen atoms in total. The average molecular weight is 762 g/mol. The van der Waals surface area contributed by atoms with Gasteiger partial charge in [-0.05, 0) is 70.0 Å². The van der Waals surface area contributed by atoms with Crippen molar-refractivity contribution in [2.45, 2.75) is 76.9 Å². The summed E-state index contributed by atoms with van der Waals surface area (Å²) >= 11 is 0. The molecule has 2 saturated heterocycles. The standard InChI is InChI=1S/C38H41F6N5O5/c1-6-10-27-19-28(36(37(39,40)41,38(42,43)44)53-23-26-11-8-7-9-12-26)13-15-30(27)48-18-17-47(21-25(48)4)32(50)22-49-33(51)35(5,46-34(49)52)31-16-14-29(20-45-31)54-24(2)3/h6-16,19-20,24-25H,17-18,21-23H2,1-5H3,(H,46,52)/b10-6-/t25-,35?/m0/s1. The molecule has 0 spiro atoms. The summed E-state index contributed by atoms with van der Waals surface area (Å²) in [6.07, 6.45) is -7.50. The van der Waals surface area contributed by atoms with Gasteiger partial charge in [0.1, 0.15) is 12.3 Å². The van der Waals surface area contributed by atoms with Crippen LogP contribution < -0.4 is 15.0 Å². The van der Waals surface area contributed by atoms with Crippen molar-refractivity contribution in [1.29, 1.82) is 0 Å². The lowest BCUT2D eigenvalue weighted by atomic mass is 9.89. The Hall–Kier alpha value is -5.12. The molecule has 2 aliphatic heterocycles. The van der Waals surface area contributed by atoms with Crippen LogP contribution in [0.2, 0.25) is 0 Å². The van der Waals surface area contributed by atoms with E-state index < -0.39 is 66.1 Å². The molecule has 3 heterocycles. The number of amides is 4. The number of carbonyl (C=O) groups is 3. The van der Waals surface area contributed by atoms with Crippen LogP contribution in [0.4, 0.5) is 36.8 Å². The number of hydrogen-bond acceptors (Lipinski definition) is 7. The van der Waals surface area contributed by atoms with Crippen LogP contribution in [0.5, 0.6) is 5.75 Å². The molecule has 290 valence electrons. The van der Waals surface area contributed by atoms with Crippen molar-refractivity contribution in [2.24, 2.45) is 0 Å². The van der Waals surface area contributed by atoms with Crippen molar-refractivity contribution in [3.8, 4) is 5.75 Å². The van der Waals surface area contributed by atoms with Crippen LogP contribution in [0, 0.1) is 0 Å². The van der Waals surface area contributed by atoms with Crippen LogP contribution >= 0.6 is 0 Å². The van der Waals surface area contributed by atoms with Crippen LogP contribution in [0.15, 0.2) is 72.9 Å². The third-order valence-corrected chi connectivity index (χ3v) is 9.36. The number of piperazine rings is 1. The molecule has 2 fully saturated rings. The predicted molar refractivity (Wildman–Crippen MR) is 187 cm³/mol. The van der Waals surface area contributed by atoms with Crippen molar-refractivity contribution < 1.29 is 50.2 Å². The maximum absolute atomic E-state index is 14.6. The average Bonchev–Trinajstić information content (AvgIpc) is 3.31. The van der Waals surface area contributed by atoms with Crippen molar-refractivity contribution >= 4 is 29.6 Å². The topological polar surface area (TPSA) is 104 Å². The second-order valence-corrected chi connectivity index (χ2v) is 13.6. The van der Waals surface area contributed by atoms with Gasteiger partial charge in [0.05, 0.1) is 24.6 Å². The number of nitrogens with zero attached hydrogens (tertiary/aromatic N) is 4. The summed E-state index contributed by atoms with van der Waals surface area (Å²) in [5, 5.41) is 2.62. The number of aromatic nitrogens is 1. The third kappa shape index (κ3) is 7.74. The molecule has 1 N–H and O–H groups in total. The Morgan fingerprint density at radius 3 is 2.28 bits per heavy atom. The molecule has 0 aliphatic carbocycles. The Morgan fingerprint density at radius 2 is 1.70 bits per heavy atom. The summed E-state index contributed by atoms with van der Waals surface area (Å²) < 4.78 is 98.2. The van der Waals surface area contributed by atoms with Crippen LogP contribution in [0.25, 0.3) is 6.08 Å². The summed E-state index contributed by atoms with van der Waals surface area (Å²) in [5.41, 5.74) is -6.48. The Morgan fingerprint density at radius 1 is 1.02 bits per heavy atom. The molecule has 2 aromatic carbocycles. The zero-order chi connectivity index (χ0) is 39.6. The molecule has 54 heavy (non-hydrogen) atoms. The van der Waals surface area contributed by atoms with E-state index in [4.69, 9.17) is 9.47 Å². The smallest absolute Gasteiger partial charge is 0.430 e. The second kappa shape index (κ2) is 15.3. The molecule has 0 bridgehead atoms. The van der Waals surface area contributed by atoms with E-state index in [1.165, 1.54) is 60.5 Å². The molecule has 2 atom stereocenters. The van der Waals surface area contributed by atoms with Gasteiger partial charge in [0.25, 0.3) is 11.5 Å². The molecular weight excluding hydrogens is 720 g/mol. The Kier molecular flexibility index (Phi) is 11.4. The number of anilines is 1. The van der Waals surface area contributed by atoms with Gasteiger partial charge >= 0.3 is 18.4 Å². The van der Waals surface area contributed by atoms with E-state index in [1.807, 2.05) is 13.8 Å². The number of imide groups is 1. The third-order valence-electron chi connectivity index (χ3n) is 9.36. The zero-order valence-corrected chi connectivity index (χ0v) is 30.3. The van der Waals surface area contributed by atoms with E-state index in [-0.39, 0.29) is 42.6 Å². The lowest BCUT2D eigenvalue weighted by Crippen LogP contribution is -2.56. The molecule has 0 saturated carbocycles. The summed E-state index contributed by atoms with van der Waals surface area (Å²) in [6, 6.07) is 12.0. The number of carbonyl (C=O) groups excluding carboxylic acids is 3. The molecule has 1 aromatic heterocycles. The maximum atomic E-state index is 14.6. The molecule has 3 aromatic rings. The second-order valence-electron chi connectivity index (χ2n) is 13.6. The first-order valence-electron chi connectivity index (χ1n) is 17.2. The maximum Gasteiger partial charge on any atom is 0.430 e. The number of halogens is 6. The fourth-order valence-electron chi connectivity index (χ4n) is 6.66. The number of ether oxygens (including phenoxy) is 2. The minimum absolute atomic E-state index is 0.0823. The van der Waals surface area contributed by atoms with Gasteiger partial charge in [-0.1, -0.05) is 48.6 Å². The van der Waals surface area contributed by atoms with E-state index in [2.05, 4.69) is 10.3 Å². The largest absolute Gasteiger partial charge is 0.489 e. The van der Waals surface area contributed by atoms with Crippen molar-refractivity contribution in [3.63, 3.8) is 0 Å². The van der Waals surface area contributed by atoms with Crippen LogP contribution in [-0.4, -0.2) is 83.3 Å². The van der Waals surface area contributed by atoms with E-state index >= 15 is 0 Å². The number of hydrogen-bond donors (Lipinski definition) is 1. The molecule has 2 aliphatic rings. The number of nitrogens with one attached hydrogen (secondary N) is 1. The summed E-state index contributed by atoms with van der Waals surface area (Å²) in [5.74, 6) is -0.718. The van der Waals surface area contributed by atoms with E-state index in [9.17, 15) is 40.7 Å². The van der Waals surface area contributed by atoms with Crippen LogP contribution in [0.3, 0.4) is 0 Å². The van der Waals surface area contributed by atoms with Gasteiger partial charge in [-0.25, -0.2) is 4.79 Å². The summed E-state index contributed by atoms with van der Waals surface area (Å²) in [6.45, 7) is 7.33. The van der Waals surface area contributed by atoms with Gasteiger partial charge in [0.2, 0.25) is 5.91 Å². The van der Waals surface area contributed by atoms with Gasteiger partial charge in [0, 0.05) is 36.9 Å². The van der Waals surface area contributed by atoms with Gasteiger partial charge in [-0.3, -0.25) is 19.5 Å². The summed E-state index contributed by atoms with van der Waals surface area (Å²) in [7, 11) is 0. The number of benzene rings is 2. The van der Waals surface area contributed by atoms with Gasteiger partial charge in [0.15, 0.2) is 5.54 Å². The summed E-state index contributed by atoms with van der Waals surface area (Å²) in [4.78, 5) is 48.2. The van der Waals surface area contributed by atoms with Gasteiger partial charge in [-0.15, -0.1) is 0 Å². The SMILES string of the molecule is C/C=C\c1cc(C(OCc2ccccc2)(C(F)(F)F)C(F)(F)F)ccc1N1CCN(C(=O)CN2C(=O)NC(C)(c3ccc(OC(C)C)cn3)C2=O)C[C@@H]1C. The first-order chi connectivity index (χ1) is 25.3. The van der Waals surface area contributed by atoms with Crippen molar-refractivity contribution in [1.82, 2.24) is 20.1 Å². The highest BCUT2D eigenvalue weighted by molar-refractivity contribution is 6.09. The molecular formula is C38H41F6N5O5. The number of rotatable bonds is 11. The normalized spacial score (nSPS) is 19.9. The van der Waals surface area contributed by atoms with Gasteiger partial charge < -0.3 is 24.6 Å². The number of pyridine rings is 1. The lowest BCUT2D eigenvalue weighted by Gasteiger charge is -2.42. The van der Waals surface area contributed by atoms with E-state index in [0.717, 1.165) is 17.0 Å². The van der Waals surface area contributed by atoms with Crippen molar-refractivity contribution in [2.75, 3.05) is 31.1 Å². The monoisotopic (exact) mass is 761 g/mol. The predicted octanol–water partition coefficient (Wildman–Crippen LogP) is 6.94. The molecule has 1 unspecified atom stereocenters. The van der Waals surface area contributed by atoms with Crippen LogP contribution in [0.1, 0.15) is 57.0 Å². The lowest BCUT2D eigenvalue weighted by molar-refractivity contribution is -0.392. The number of urea groups is 1. The molecule has 5 rings (SSSR count). The minimum atomic E-state index is -5.87. The highest BCUT2D eigenvalue weighted by Gasteiger charge is 2.73. The number of alkyl halides is 6. The highest BCUT2D eigenvalue weighted by Crippen LogP contribution is 2.54. The minimum Gasteiger partial charge on any atom is -0.489 e. The Labute approximate surface area is 308 Å². The van der Waals surface area contributed by atoms with Crippen LogP contribution in [-0.2, 0) is 32.1 Å². The fourth-order valence-corrected chi connectivity index (χ4v) is 6.66. The quantitative estimate of drug-likeness (QED) is 0.167. The van der Waals surface area contributed by atoms with E-state index in [0.29, 0.717) is 11.4 Å². The molecule has 4 amide bonds. The fraction of sp³-hybridized carbons (Fsp3) is 0.421. The first kappa shape index (κ1) is 40.1. The van der Waals surface area contributed by atoms with E-state index in [1.54, 1.807) is 36.9 Å². The Balaban J connectivity index is 1.33. The highest BCUT2D eigenvalue weighted by atomic mass is 19.4. The zero-order valence-electron chi connectivity index (χ0n) is 30.3. The molecule has 16 heteroatoms. The Bertz CT molecular complexity index is 1850. The van der Waals surface area contributed by atoms with Gasteiger partial charge in [-0.2, -0.15) is 26.3 Å². The first-order valence-corrected chi connectivity index (χ1v) is 17.2. The van der Waals surface area contributed by atoms with Crippen molar-refractivity contribution in [3.05, 3.63) is 95.3 Å².